The normalized spacial score (nSPS) is 14.3. The van der Waals surface area contributed by atoms with Crippen LogP contribution < -0.4 is 5.32 Å². The SMILES string of the molecule is CCCC1=CC=CC(c2ccc(NC(C)=O)cc2)=NS1. The van der Waals surface area contributed by atoms with Gasteiger partial charge < -0.3 is 5.32 Å². The molecule has 1 aromatic carbocycles. The Morgan fingerprint density at radius 1 is 1.30 bits per heavy atom. The van der Waals surface area contributed by atoms with Crippen molar-refractivity contribution in [2.75, 3.05) is 5.32 Å². The first-order valence-electron chi connectivity index (χ1n) is 6.69. The minimum absolute atomic E-state index is 0.0617. The standard InChI is InChI=1S/C16H18N2OS/c1-3-5-15-6-4-7-16(18-20-15)13-8-10-14(11-9-13)17-12(2)19/h4,6-11H,3,5H2,1-2H3,(H,17,19). The third-order valence-corrected chi connectivity index (χ3v) is 3.66. The average Bonchev–Trinajstić information content (AvgIpc) is 2.65. The number of amides is 1. The number of allylic oxidation sites excluding steroid dienone is 4. The molecule has 1 N–H and O–H groups in total. The van der Waals surface area contributed by atoms with Gasteiger partial charge in [0.1, 0.15) is 0 Å². The predicted octanol–water partition coefficient (Wildman–Crippen LogP) is 4.34. The van der Waals surface area contributed by atoms with Gasteiger partial charge in [-0.05, 0) is 24.6 Å². The van der Waals surface area contributed by atoms with Crippen LogP contribution in [0.3, 0.4) is 0 Å². The first-order valence-corrected chi connectivity index (χ1v) is 7.46. The molecule has 0 fully saturated rings. The lowest BCUT2D eigenvalue weighted by molar-refractivity contribution is -0.114. The fourth-order valence-electron chi connectivity index (χ4n) is 1.87. The summed E-state index contributed by atoms with van der Waals surface area (Å²) in [5.41, 5.74) is 2.80. The first kappa shape index (κ1) is 14.6. The highest BCUT2D eigenvalue weighted by Gasteiger charge is 2.05. The topological polar surface area (TPSA) is 41.5 Å². The van der Waals surface area contributed by atoms with Crippen LogP contribution in [0.2, 0.25) is 0 Å². The predicted molar refractivity (Wildman–Crippen MR) is 87.0 cm³/mol. The zero-order valence-corrected chi connectivity index (χ0v) is 12.5. The number of nitrogens with zero attached hydrogens (tertiary/aromatic N) is 1. The molecular weight excluding hydrogens is 268 g/mol. The second-order valence-corrected chi connectivity index (χ2v) is 5.46. The average molecular weight is 286 g/mol. The number of nitrogens with one attached hydrogen (secondary N) is 1. The van der Waals surface area contributed by atoms with E-state index in [-0.39, 0.29) is 5.91 Å². The Morgan fingerprint density at radius 2 is 2.05 bits per heavy atom. The fraction of sp³-hybridized carbons (Fsp3) is 0.250. The maximum Gasteiger partial charge on any atom is 0.221 e. The van der Waals surface area contributed by atoms with Gasteiger partial charge in [0, 0.05) is 35.0 Å². The highest BCUT2D eigenvalue weighted by atomic mass is 32.2. The van der Waals surface area contributed by atoms with Crippen molar-refractivity contribution < 1.29 is 4.79 Å². The molecule has 1 aromatic rings. The first-order chi connectivity index (χ1) is 9.69. The molecule has 2 rings (SSSR count). The number of carbonyl (C=O) groups excluding carboxylic acids is 1. The van der Waals surface area contributed by atoms with E-state index in [2.05, 4.69) is 22.7 Å². The van der Waals surface area contributed by atoms with E-state index in [1.54, 1.807) is 11.9 Å². The summed E-state index contributed by atoms with van der Waals surface area (Å²) in [6.07, 6.45) is 8.38. The maximum atomic E-state index is 11.0. The van der Waals surface area contributed by atoms with Crippen molar-refractivity contribution in [3.63, 3.8) is 0 Å². The number of hydrogen-bond donors (Lipinski definition) is 1. The summed E-state index contributed by atoms with van der Waals surface area (Å²) in [6.45, 7) is 3.67. The van der Waals surface area contributed by atoms with E-state index < -0.39 is 0 Å². The monoisotopic (exact) mass is 286 g/mol. The van der Waals surface area contributed by atoms with Crippen molar-refractivity contribution in [2.45, 2.75) is 26.7 Å². The second kappa shape index (κ2) is 7.10. The van der Waals surface area contributed by atoms with Crippen LogP contribution in [0, 0.1) is 0 Å². The van der Waals surface area contributed by atoms with E-state index in [0.29, 0.717) is 0 Å². The molecule has 0 aliphatic carbocycles. The molecule has 1 aliphatic rings. The lowest BCUT2D eigenvalue weighted by atomic mass is 10.1. The molecule has 20 heavy (non-hydrogen) atoms. The Bertz CT molecular complexity index is 571. The van der Waals surface area contributed by atoms with Gasteiger partial charge in [-0.15, -0.1) is 0 Å². The molecule has 3 nitrogen and oxygen atoms in total. The van der Waals surface area contributed by atoms with E-state index >= 15 is 0 Å². The van der Waals surface area contributed by atoms with Gasteiger partial charge in [0.2, 0.25) is 5.91 Å². The van der Waals surface area contributed by atoms with Gasteiger partial charge in [0.25, 0.3) is 0 Å². The van der Waals surface area contributed by atoms with Crippen LogP contribution in [-0.2, 0) is 4.79 Å². The molecule has 1 amide bonds. The molecule has 0 bridgehead atoms. The summed E-state index contributed by atoms with van der Waals surface area (Å²) < 4.78 is 4.57. The Morgan fingerprint density at radius 3 is 2.70 bits per heavy atom. The van der Waals surface area contributed by atoms with Gasteiger partial charge in [-0.2, -0.15) is 0 Å². The minimum atomic E-state index is -0.0617. The van der Waals surface area contributed by atoms with Crippen molar-refractivity contribution in [1.82, 2.24) is 0 Å². The molecule has 104 valence electrons. The molecule has 0 saturated carbocycles. The number of rotatable bonds is 4. The van der Waals surface area contributed by atoms with Crippen LogP contribution in [-0.4, -0.2) is 11.6 Å². The molecule has 0 spiro atoms. The third-order valence-electron chi connectivity index (χ3n) is 2.79. The lowest BCUT2D eigenvalue weighted by Crippen LogP contribution is -2.05. The highest BCUT2D eigenvalue weighted by Crippen LogP contribution is 2.25. The van der Waals surface area contributed by atoms with Crippen LogP contribution in [0.1, 0.15) is 32.3 Å². The minimum Gasteiger partial charge on any atom is -0.326 e. The maximum absolute atomic E-state index is 11.0. The third kappa shape index (κ3) is 4.10. The largest absolute Gasteiger partial charge is 0.326 e. The van der Waals surface area contributed by atoms with E-state index in [1.165, 1.54) is 11.8 Å². The van der Waals surface area contributed by atoms with Crippen LogP contribution in [0.25, 0.3) is 0 Å². The Kier molecular flexibility index (Phi) is 5.18. The van der Waals surface area contributed by atoms with Crippen LogP contribution in [0.4, 0.5) is 5.69 Å². The molecule has 0 radical (unpaired) electrons. The van der Waals surface area contributed by atoms with E-state index in [1.807, 2.05) is 36.4 Å². The summed E-state index contributed by atoms with van der Waals surface area (Å²) in [5.74, 6) is -0.0617. The highest BCUT2D eigenvalue weighted by molar-refractivity contribution is 8.02. The lowest BCUT2D eigenvalue weighted by Gasteiger charge is -2.04. The Balaban J connectivity index is 2.11. The molecule has 0 saturated heterocycles. The number of anilines is 1. The van der Waals surface area contributed by atoms with Crippen molar-refractivity contribution >= 4 is 29.3 Å². The van der Waals surface area contributed by atoms with Crippen LogP contribution in [0.5, 0.6) is 0 Å². The van der Waals surface area contributed by atoms with E-state index in [0.717, 1.165) is 29.8 Å². The summed E-state index contributed by atoms with van der Waals surface area (Å²) in [7, 11) is 0. The second-order valence-electron chi connectivity index (χ2n) is 4.57. The summed E-state index contributed by atoms with van der Waals surface area (Å²) >= 11 is 1.54. The number of hydrogen-bond acceptors (Lipinski definition) is 3. The summed E-state index contributed by atoms with van der Waals surface area (Å²) in [5, 5.41) is 2.76. The molecule has 1 heterocycles. The van der Waals surface area contributed by atoms with E-state index in [4.69, 9.17) is 0 Å². The number of carbonyl (C=O) groups is 1. The fourth-order valence-corrected chi connectivity index (χ4v) is 2.68. The molecular formula is C16H18N2OS. The van der Waals surface area contributed by atoms with Gasteiger partial charge in [-0.1, -0.05) is 37.6 Å². The Hall–Kier alpha value is -1.81. The Labute approximate surface area is 124 Å². The molecule has 4 heteroatoms. The van der Waals surface area contributed by atoms with Crippen molar-refractivity contribution in [1.29, 1.82) is 0 Å². The van der Waals surface area contributed by atoms with Crippen molar-refractivity contribution in [3.05, 3.63) is 53.0 Å². The van der Waals surface area contributed by atoms with E-state index in [9.17, 15) is 4.79 Å². The van der Waals surface area contributed by atoms with Gasteiger partial charge >= 0.3 is 0 Å². The summed E-state index contributed by atoms with van der Waals surface area (Å²) in [6, 6.07) is 7.73. The van der Waals surface area contributed by atoms with Crippen molar-refractivity contribution in [3.8, 4) is 0 Å². The molecule has 0 aromatic heterocycles. The number of benzene rings is 1. The van der Waals surface area contributed by atoms with Gasteiger partial charge in [0.15, 0.2) is 0 Å². The van der Waals surface area contributed by atoms with Crippen LogP contribution in [0.15, 0.2) is 51.8 Å². The van der Waals surface area contributed by atoms with Gasteiger partial charge in [-0.3, -0.25) is 4.79 Å². The summed E-state index contributed by atoms with van der Waals surface area (Å²) in [4.78, 5) is 12.3. The quantitative estimate of drug-likeness (QED) is 0.837. The zero-order valence-electron chi connectivity index (χ0n) is 11.7. The van der Waals surface area contributed by atoms with Gasteiger partial charge in [-0.25, -0.2) is 4.40 Å². The molecule has 0 atom stereocenters. The van der Waals surface area contributed by atoms with Crippen molar-refractivity contribution in [2.24, 2.45) is 4.40 Å². The van der Waals surface area contributed by atoms with Gasteiger partial charge in [0.05, 0.1) is 5.71 Å². The smallest absolute Gasteiger partial charge is 0.221 e. The molecule has 0 unspecified atom stereocenters. The zero-order chi connectivity index (χ0) is 14.4. The van der Waals surface area contributed by atoms with Crippen LogP contribution >= 0.6 is 11.9 Å². The molecule has 1 aliphatic heterocycles.